The second kappa shape index (κ2) is 14.4. The maximum Gasteiger partial charge on any atom is 0.305 e. The van der Waals surface area contributed by atoms with Gasteiger partial charge in [0.15, 0.2) is 0 Å². The molecule has 1 aliphatic rings. The molecule has 0 amide bonds. The average molecular weight is 371 g/mol. The molecule has 4 heteroatoms. The lowest BCUT2D eigenvalue weighted by Crippen LogP contribution is -2.20. The molecule has 4 atom stereocenters. The van der Waals surface area contributed by atoms with Crippen LogP contribution in [0.1, 0.15) is 104 Å². The van der Waals surface area contributed by atoms with Gasteiger partial charge in [-0.3, -0.25) is 4.79 Å². The Morgan fingerprint density at radius 1 is 1.00 bits per heavy atom. The van der Waals surface area contributed by atoms with Gasteiger partial charge in [-0.1, -0.05) is 45.4 Å². The number of carbonyl (C=O) groups is 1. The molecule has 0 aliphatic heterocycles. The number of carbonyl (C=O) groups excluding carboxylic acids is 1. The number of hydrogen-bond donors (Lipinski definition) is 2. The van der Waals surface area contributed by atoms with Gasteiger partial charge in [0.25, 0.3) is 0 Å². The van der Waals surface area contributed by atoms with E-state index < -0.39 is 0 Å². The normalized spacial score (nSPS) is 23.9. The van der Waals surface area contributed by atoms with Crippen LogP contribution < -0.4 is 0 Å². The van der Waals surface area contributed by atoms with Crippen molar-refractivity contribution in [1.29, 1.82) is 0 Å². The van der Waals surface area contributed by atoms with Gasteiger partial charge in [0.05, 0.1) is 18.8 Å². The molecular weight excluding hydrogens is 328 g/mol. The highest BCUT2D eigenvalue weighted by Gasteiger charge is 2.34. The Hall–Kier alpha value is -0.610. The van der Waals surface area contributed by atoms with Crippen molar-refractivity contribution in [3.8, 4) is 0 Å². The Balaban J connectivity index is 2.15. The summed E-state index contributed by atoms with van der Waals surface area (Å²) < 4.78 is 4.94. The molecule has 0 aromatic heterocycles. The van der Waals surface area contributed by atoms with Crippen LogP contribution in [0.5, 0.6) is 0 Å². The first-order valence-corrected chi connectivity index (χ1v) is 11.1. The van der Waals surface area contributed by atoms with Crippen LogP contribution in [0.4, 0.5) is 0 Å². The zero-order chi connectivity index (χ0) is 19.2. The van der Waals surface area contributed by atoms with Crippen molar-refractivity contribution >= 4 is 5.97 Å². The van der Waals surface area contributed by atoms with Gasteiger partial charge >= 0.3 is 5.97 Å². The number of esters is 1. The van der Waals surface area contributed by atoms with Crippen LogP contribution in [0.2, 0.25) is 0 Å². The highest BCUT2D eigenvalue weighted by atomic mass is 16.5. The van der Waals surface area contributed by atoms with Crippen molar-refractivity contribution in [3.05, 3.63) is 0 Å². The molecule has 1 saturated carbocycles. The van der Waals surface area contributed by atoms with E-state index in [9.17, 15) is 15.0 Å². The molecule has 0 saturated heterocycles. The number of aliphatic hydroxyl groups excluding tert-OH is 2. The zero-order valence-electron chi connectivity index (χ0n) is 17.1. The summed E-state index contributed by atoms with van der Waals surface area (Å²) in [7, 11) is 0. The molecule has 0 radical (unpaired) electrons. The molecule has 0 spiro atoms. The summed E-state index contributed by atoms with van der Waals surface area (Å²) in [4.78, 5) is 11.3. The minimum absolute atomic E-state index is 0.0868. The number of rotatable bonds is 15. The van der Waals surface area contributed by atoms with E-state index in [-0.39, 0.29) is 18.2 Å². The molecule has 1 unspecified atom stereocenters. The number of unbranched alkanes of at least 4 members (excludes halogenated alkanes) is 5. The molecule has 1 rings (SSSR count). The second-order valence-electron chi connectivity index (χ2n) is 8.05. The Kier molecular flexibility index (Phi) is 13.0. The molecule has 0 bridgehead atoms. The van der Waals surface area contributed by atoms with Gasteiger partial charge < -0.3 is 14.9 Å². The van der Waals surface area contributed by atoms with E-state index in [2.05, 4.69) is 6.92 Å². The average Bonchev–Trinajstić information content (AvgIpc) is 2.96. The fraction of sp³-hybridized carbons (Fsp3) is 0.955. The van der Waals surface area contributed by atoms with Crippen LogP contribution in [0.25, 0.3) is 0 Å². The predicted molar refractivity (Wildman–Crippen MR) is 106 cm³/mol. The molecule has 2 N–H and O–H groups in total. The van der Waals surface area contributed by atoms with E-state index in [1.807, 2.05) is 6.92 Å². The summed E-state index contributed by atoms with van der Waals surface area (Å²) in [6.07, 6.45) is 13.9. The van der Waals surface area contributed by atoms with Crippen LogP contribution in [-0.4, -0.2) is 35.0 Å². The second-order valence-corrected chi connectivity index (χ2v) is 8.05. The monoisotopic (exact) mass is 370 g/mol. The van der Waals surface area contributed by atoms with Gasteiger partial charge in [-0.05, 0) is 63.7 Å². The summed E-state index contributed by atoms with van der Waals surface area (Å²) in [5.41, 5.74) is 0. The lowest BCUT2D eigenvalue weighted by molar-refractivity contribution is -0.143. The van der Waals surface area contributed by atoms with Crippen LogP contribution in [0.3, 0.4) is 0 Å². The van der Waals surface area contributed by atoms with E-state index in [0.29, 0.717) is 24.9 Å². The zero-order valence-corrected chi connectivity index (χ0v) is 17.1. The van der Waals surface area contributed by atoms with Crippen LogP contribution in [0, 0.1) is 11.8 Å². The minimum atomic E-state index is -0.164. The van der Waals surface area contributed by atoms with E-state index in [1.54, 1.807) is 0 Å². The topological polar surface area (TPSA) is 66.8 Å². The van der Waals surface area contributed by atoms with Gasteiger partial charge in [0, 0.05) is 6.42 Å². The van der Waals surface area contributed by atoms with Crippen LogP contribution >= 0.6 is 0 Å². The lowest BCUT2D eigenvalue weighted by atomic mass is 9.85. The first-order chi connectivity index (χ1) is 12.6. The van der Waals surface area contributed by atoms with Crippen molar-refractivity contribution in [2.75, 3.05) is 6.61 Å². The Labute approximate surface area is 160 Å². The quantitative estimate of drug-likeness (QED) is 0.314. The van der Waals surface area contributed by atoms with Crippen molar-refractivity contribution in [3.63, 3.8) is 0 Å². The summed E-state index contributed by atoms with van der Waals surface area (Å²) in [5, 5.41) is 20.5. The van der Waals surface area contributed by atoms with Gasteiger partial charge in [-0.25, -0.2) is 0 Å². The minimum Gasteiger partial charge on any atom is -0.466 e. The van der Waals surface area contributed by atoms with E-state index in [1.165, 1.54) is 12.8 Å². The standard InChI is InChI=1S/C22H42O4/c1-3-5-8-11-19(23)16-14-18-15-17-21(24)20(18)12-9-6-7-10-13-22(25)26-4-2/h18-21,23-24H,3-17H2,1-2H3/t18-,19?,20-,21-/m0/s1. The lowest BCUT2D eigenvalue weighted by Gasteiger charge is -2.23. The van der Waals surface area contributed by atoms with Gasteiger partial charge in [0.1, 0.15) is 0 Å². The molecule has 154 valence electrons. The fourth-order valence-corrected chi connectivity index (χ4v) is 4.33. The SMILES string of the molecule is CCCCCC(O)CC[C@H]1CC[C@H](O)[C@H]1CCCCCCC(=O)OCC. The largest absolute Gasteiger partial charge is 0.466 e. The first kappa shape index (κ1) is 23.4. The number of hydrogen-bond acceptors (Lipinski definition) is 4. The third kappa shape index (κ3) is 9.91. The third-order valence-electron chi connectivity index (χ3n) is 5.92. The maximum absolute atomic E-state index is 11.3. The molecule has 0 heterocycles. The summed E-state index contributed by atoms with van der Waals surface area (Å²) in [6.45, 7) is 4.49. The third-order valence-corrected chi connectivity index (χ3v) is 5.92. The van der Waals surface area contributed by atoms with Crippen molar-refractivity contribution in [2.45, 2.75) is 116 Å². The first-order valence-electron chi connectivity index (χ1n) is 11.1. The Bertz CT molecular complexity index is 358. The molecule has 0 aromatic carbocycles. The Morgan fingerprint density at radius 3 is 2.50 bits per heavy atom. The Morgan fingerprint density at radius 2 is 1.77 bits per heavy atom. The van der Waals surface area contributed by atoms with E-state index >= 15 is 0 Å². The summed E-state index contributed by atoms with van der Waals surface area (Å²) >= 11 is 0. The van der Waals surface area contributed by atoms with Crippen LogP contribution in [-0.2, 0) is 9.53 Å². The van der Waals surface area contributed by atoms with Gasteiger partial charge in [-0.2, -0.15) is 0 Å². The van der Waals surface area contributed by atoms with Crippen LogP contribution in [0.15, 0.2) is 0 Å². The van der Waals surface area contributed by atoms with Gasteiger partial charge in [-0.15, -0.1) is 0 Å². The molecule has 1 fully saturated rings. The number of ether oxygens (including phenoxy) is 1. The molecule has 0 aromatic rings. The summed E-state index contributed by atoms with van der Waals surface area (Å²) in [5.74, 6) is 0.893. The number of aliphatic hydroxyl groups is 2. The van der Waals surface area contributed by atoms with Gasteiger partial charge in [0.2, 0.25) is 0 Å². The summed E-state index contributed by atoms with van der Waals surface area (Å²) in [6, 6.07) is 0. The molecule has 26 heavy (non-hydrogen) atoms. The van der Waals surface area contributed by atoms with E-state index in [0.717, 1.165) is 70.6 Å². The smallest absolute Gasteiger partial charge is 0.305 e. The highest BCUT2D eigenvalue weighted by molar-refractivity contribution is 5.69. The van der Waals surface area contributed by atoms with Crippen molar-refractivity contribution in [2.24, 2.45) is 11.8 Å². The molecule has 1 aliphatic carbocycles. The van der Waals surface area contributed by atoms with Crippen molar-refractivity contribution < 1.29 is 19.7 Å². The fourth-order valence-electron chi connectivity index (χ4n) is 4.33. The van der Waals surface area contributed by atoms with Crippen molar-refractivity contribution in [1.82, 2.24) is 0 Å². The molecule has 4 nitrogen and oxygen atoms in total. The highest BCUT2D eigenvalue weighted by Crippen LogP contribution is 2.39. The molecular formula is C22H42O4. The maximum atomic E-state index is 11.3. The predicted octanol–water partition coefficient (Wildman–Crippen LogP) is 5.00. The van der Waals surface area contributed by atoms with E-state index in [4.69, 9.17) is 4.74 Å².